The molecular formula is C10H9F3O3. The number of Topliss-reactive ketones (excluding diaryl/α,β-unsaturated/α-hetero) is 1. The molecule has 0 spiro atoms. The van der Waals surface area contributed by atoms with Crippen molar-refractivity contribution in [2.45, 2.75) is 6.18 Å². The molecule has 0 saturated heterocycles. The molecule has 0 aliphatic carbocycles. The molecule has 3 nitrogen and oxygen atoms in total. The molecule has 0 atom stereocenters. The van der Waals surface area contributed by atoms with Crippen LogP contribution in [0.3, 0.4) is 0 Å². The zero-order valence-corrected chi connectivity index (χ0v) is 8.59. The second-order valence-corrected chi connectivity index (χ2v) is 2.87. The van der Waals surface area contributed by atoms with Crippen molar-refractivity contribution in [3.05, 3.63) is 23.8 Å². The Labute approximate surface area is 89.8 Å². The summed E-state index contributed by atoms with van der Waals surface area (Å²) in [6.07, 6.45) is -4.93. The number of alkyl halides is 3. The van der Waals surface area contributed by atoms with Gasteiger partial charge in [-0.05, 0) is 12.1 Å². The topological polar surface area (TPSA) is 35.5 Å². The van der Waals surface area contributed by atoms with Gasteiger partial charge in [-0.1, -0.05) is 6.07 Å². The van der Waals surface area contributed by atoms with Crippen LogP contribution in [0.5, 0.6) is 11.5 Å². The average Bonchev–Trinajstić information content (AvgIpc) is 2.25. The standard InChI is InChI=1S/C10H9F3O3/c1-15-7-5-3-4-6(8(7)16-2)9(14)10(11,12)13/h3-5H,1-2H3. The average molecular weight is 234 g/mol. The van der Waals surface area contributed by atoms with E-state index < -0.39 is 17.5 Å². The minimum absolute atomic E-state index is 0.0811. The van der Waals surface area contributed by atoms with Crippen molar-refractivity contribution in [1.29, 1.82) is 0 Å². The van der Waals surface area contributed by atoms with Crippen LogP contribution in [-0.4, -0.2) is 26.2 Å². The molecule has 0 fully saturated rings. The zero-order chi connectivity index (χ0) is 12.3. The Hall–Kier alpha value is -1.72. The van der Waals surface area contributed by atoms with Gasteiger partial charge >= 0.3 is 6.18 Å². The van der Waals surface area contributed by atoms with E-state index >= 15 is 0 Å². The summed E-state index contributed by atoms with van der Waals surface area (Å²) in [5.74, 6) is -2.09. The molecule has 0 N–H and O–H groups in total. The maximum absolute atomic E-state index is 12.2. The molecule has 0 aliphatic rings. The molecule has 0 bridgehead atoms. The molecule has 0 aliphatic heterocycles. The third kappa shape index (κ3) is 2.26. The smallest absolute Gasteiger partial charge is 0.455 e. The van der Waals surface area contributed by atoms with Crippen molar-refractivity contribution in [2.24, 2.45) is 0 Å². The van der Waals surface area contributed by atoms with Crippen molar-refractivity contribution in [3.8, 4) is 11.5 Å². The van der Waals surface area contributed by atoms with Crippen LogP contribution in [0.15, 0.2) is 18.2 Å². The van der Waals surface area contributed by atoms with Gasteiger partial charge in [0.1, 0.15) is 0 Å². The van der Waals surface area contributed by atoms with Crippen LogP contribution in [-0.2, 0) is 0 Å². The lowest BCUT2D eigenvalue weighted by atomic mass is 10.1. The van der Waals surface area contributed by atoms with Gasteiger partial charge in [0.15, 0.2) is 11.5 Å². The number of carbonyl (C=O) groups excluding carboxylic acids is 1. The number of rotatable bonds is 3. The lowest BCUT2D eigenvalue weighted by Crippen LogP contribution is -2.23. The monoisotopic (exact) mass is 234 g/mol. The van der Waals surface area contributed by atoms with Gasteiger partial charge in [0, 0.05) is 0 Å². The number of hydrogen-bond acceptors (Lipinski definition) is 3. The molecular weight excluding hydrogens is 225 g/mol. The van der Waals surface area contributed by atoms with Gasteiger partial charge in [0.25, 0.3) is 5.78 Å². The second-order valence-electron chi connectivity index (χ2n) is 2.87. The Morgan fingerprint density at radius 2 is 1.81 bits per heavy atom. The van der Waals surface area contributed by atoms with Crippen LogP contribution in [0.2, 0.25) is 0 Å². The zero-order valence-electron chi connectivity index (χ0n) is 8.59. The van der Waals surface area contributed by atoms with Gasteiger partial charge < -0.3 is 9.47 Å². The van der Waals surface area contributed by atoms with Crippen molar-refractivity contribution >= 4 is 5.78 Å². The van der Waals surface area contributed by atoms with Gasteiger partial charge in [0.05, 0.1) is 19.8 Å². The Morgan fingerprint density at radius 1 is 1.19 bits per heavy atom. The molecule has 0 heterocycles. The molecule has 6 heteroatoms. The Morgan fingerprint density at radius 3 is 2.25 bits per heavy atom. The molecule has 1 rings (SSSR count). The number of para-hydroxylation sites is 1. The van der Waals surface area contributed by atoms with E-state index in [1.165, 1.54) is 26.4 Å². The van der Waals surface area contributed by atoms with Gasteiger partial charge in [-0.2, -0.15) is 13.2 Å². The summed E-state index contributed by atoms with van der Waals surface area (Å²) < 4.78 is 46.3. The van der Waals surface area contributed by atoms with E-state index in [0.29, 0.717) is 0 Å². The summed E-state index contributed by atoms with van der Waals surface area (Å²) in [4.78, 5) is 11.1. The third-order valence-corrected chi connectivity index (χ3v) is 1.91. The number of carbonyl (C=O) groups is 1. The van der Waals surface area contributed by atoms with Gasteiger partial charge in [-0.15, -0.1) is 0 Å². The van der Waals surface area contributed by atoms with Gasteiger partial charge in [0.2, 0.25) is 0 Å². The van der Waals surface area contributed by atoms with Crippen LogP contribution >= 0.6 is 0 Å². The molecule has 0 amide bonds. The third-order valence-electron chi connectivity index (χ3n) is 1.91. The normalized spacial score (nSPS) is 11.1. The SMILES string of the molecule is COc1cccc(C(=O)C(F)(F)F)c1OC. The molecule has 1 aromatic carbocycles. The molecule has 88 valence electrons. The lowest BCUT2D eigenvalue weighted by molar-refractivity contribution is -0.0886. The van der Waals surface area contributed by atoms with E-state index in [9.17, 15) is 18.0 Å². The number of methoxy groups -OCH3 is 2. The molecule has 0 aromatic heterocycles. The largest absolute Gasteiger partial charge is 0.493 e. The molecule has 0 radical (unpaired) electrons. The molecule has 16 heavy (non-hydrogen) atoms. The van der Waals surface area contributed by atoms with Crippen LogP contribution in [0.25, 0.3) is 0 Å². The van der Waals surface area contributed by atoms with Crippen molar-refractivity contribution < 1.29 is 27.4 Å². The first-order valence-electron chi connectivity index (χ1n) is 4.24. The number of hydrogen-bond donors (Lipinski definition) is 0. The number of ether oxygens (including phenoxy) is 2. The van der Waals surface area contributed by atoms with Gasteiger partial charge in [-0.3, -0.25) is 4.79 Å². The van der Waals surface area contributed by atoms with E-state index in [-0.39, 0.29) is 11.5 Å². The van der Waals surface area contributed by atoms with E-state index in [1.54, 1.807) is 0 Å². The quantitative estimate of drug-likeness (QED) is 0.753. The van der Waals surface area contributed by atoms with Crippen LogP contribution in [0, 0.1) is 0 Å². The first-order valence-corrected chi connectivity index (χ1v) is 4.24. The first kappa shape index (κ1) is 12.4. The fourth-order valence-electron chi connectivity index (χ4n) is 1.22. The predicted molar refractivity (Wildman–Crippen MR) is 49.9 cm³/mol. The van der Waals surface area contributed by atoms with Crippen molar-refractivity contribution in [2.75, 3.05) is 14.2 Å². The second kappa shape index (κ2) is 4.42. The Balaban J connectivity index is 3.29. The summed E-state index contributed by atoms with van der Waals surface area (Å²) in [5, 5.41) is 0. The summed E-state index contributed by atoms with van der Waals surface area (Å²) in [6, 6.07) is 3.74. The van der Waals surface area contributed by atoms with E-state index in [0.717, 1.165) is 6.07 Å². The minimum atomic E-state index is -4.93. The first-order chi connectivity index (χ1) is 7.41. The number of benzene rings is 1. The Kier molecular flexibility index (Phi) is 3.41. The fraction of sp³-hybridized carbons (Fsp3) is 0.300. The van der Waals surface area contributed by atoms with Crippen molar-refractivity contribution in [3.63, 3.8) is 0 Å². The maximum Gasteiger partial charge on any atom is 0.455 e. The minimum Gasteiger partial charge on any atom is -0.493 e. The summed E-state index contributed by atoms with van der Waals surface area (Å²) in [6.45, 7) is 0. The van der Waals surface area contributed by atoms with Crippen LogP contribution in [0.4, 0.5) is 13.2 Å². The molecule has 0 saturated carbocycles. The molecule has 1 aromatic rings. The highest BCUT2D eigenvalue weighted by atomic mass is 19.4. The highest BCUT2D eigenvalue weighted by Crippen LogP contribution is 2.34. The highest BCUT2D eigenvalue weighted by Gasteiger charge is 2.41. The summed E-state index contributed by atoms with van der Waals surface area (Å²) >= 11 is 0. The molecule has 0 unspecified atom stereocenters. The maximum atomic E-state index is 12.2. The Bertz CT molecular complexity index is 399. The lowest BCUT2D eigenvalue weighted by Gasteiger charge is -2.12. The summed E-state index contributed by atoms with van der Waals surface area (Å²) in [7, 11) is 2.45. The van der Waals surface area contributed by atoms with E-state index in [2.05, 4.69) is 0 Å². The van der Waals surface area contributed by atoms with Gasteiger partial charge in [-0.25, -0.2) is 0 Å². The number of ketones is 1. The van der Waals surface area contributed by atoms with Crippen LogP contribution < -0.4 is 9.47 Å². The van der Waals surface area contributed by atoms with Crippen LogP contribution in [0.1, 0.15) is 10.4 Å². The highest BCUT2D eigenvalue weighted by molar-refractivity contribution is 6.03. The van der Waals surface area contributed by atoms with E-state index in [1.807, 2.05) is 0 Å². The number of halogens is 3. The van der Waals surface area contributed by atoms with Crippen molar-refractivity contribution in [1.82, 2.24) is 0 Å². The van der Waals surface area contributed by atoms with E-state index in [4.69, 9.17) is 9.47 Å². The fourth-order valence-corrected chi connectivity index (χ4v) is 1.22. The predicted octanol–water partition coefficient (Wildman–Crippen LogP) is 2.45. The summed E-state index contributed by atoms with van der Waals surface area (Å²) in [5.41, 5.74) is -0.561.